The molecule has 0 saturated heterocycles. The van der Waals surface area contributed by atoms with Crippen LogP contribution in [0.2, 0.25) is 0 Å². The number of nitrogens with one attached hydrogen (secondary N) is 1. The van der Waals surface area contributed by atoms with E-state index in [9.17, 15) is 10.1 Å². The Bertz CT molecular complexity index is 639. The number of nitriles is 1. The minimum atomic E-state index is -0.734. The van der Waals surface area contributed by atoms with Crippen molar-refractivity contribution in [3.05, 3.63) is 11.6 Å². The van der Waals surface area contributed by atoms with Crippen molar-refractivity contribution in [1.82, 2.24) is 25.0 Å². The van der Waals surface area contributed by atoms with Crippen molar-refractivity contribution in [3.63, 3.8) is 0 Å². The van der Waals surface area contributed by atoms with Crippen LogP contribution in [0.3, 0.4) is 0 Å². The van der Waals surface area contributed by atoms with Gasteiger partial charge in [0.1, 0.15) is 17.2 Å². The van der Waals surface area contributed by atoms with Crippen LogP contribution >= 0.6 is 0 Å². The van der Waals surface area contributed by atoms with Crippen LogP contribution in [0.25, 0.3) is 0 Å². The van der Waals surface area contributed by atoms with E-state index in [1.54, 1.807) is 0 Å². The average molecular weight is 316 g/mol. The standard InChI is InChI=1S/C16H24N6O/c1-16(10-17,12-6-7-12)18-14(23)9-21(2)8-13-19-20-15(22(13)3)11-4-5-11/h11-12H,4-9H2,1-3H3,(H,18,23)/t16-/m0/s1. The number of amides is 1. The maximum atomic E-state index is 12.2. The van der Waals surface area contributed by atoms with E-state index < -0.39 is 5.54 Å². The highest BCUT2D eigenvalue weighted by Crippen LogP contribution is 2.39. The lowest BCUT2D eigenvalue weighted by molar-refractivity contribution is -0.123. The molecule has 0 aliphatic heterocycles. The summed E-state index contributed by atoms with van der Waals surface area (Å²) in [7, 11) is 3.86. The Labute approximate surface area is 136 Å². The number of rotatable bonds is 7. The molecule has 3 rings (SSSR count). The van der Waals surface area contributed by atoms with Gasteiger partial charge in [-0.2, -0.15) is 5.26 Å². The molecular formula is C16H24N6O. The van der Waals surface area contributed by atoms with Crippen molar-refractivity contribution in [1.29, 1.82) is 5.26 Å². The number of hydrogen-bond donors (Lipinski definition) is 1. The molecule has 2 saturated carbocycles. The Morgan fingerprint density at radius 3 is 2.70 bits per heavy atom. The topological polar surface area (TPSA) is 86.8 Å². The van der Waals surface area contributed by atoms with Crippen molar-refractivity contribution in [2.45, 2.75) is 50.6 Å². The molecule has 23 heavy (non-hydrogen) atoms. The van der Waals surface area contributed by atoms with Crippen LogP contribution in [-0.2, 0) is 18.4 Å². The molecule has 0 radical (unpaired) electrons. The summed E-state index contributed by atoms with van der Waals surface area (Å²) in [6.45, 7) is 2.62. The fourth-order valence-electron chi connectivity index (χ4n) is 2.96. The number of aromatic nitrogens is 3. The van der Waals surface area contributed by atoms with Crippen molar-refractivity contribution in [2.75, 3.05) is 13.6 Å². The molecule has 1 atom stereocenters. The van der Waals surface area contributed by atoms with Crippen LogP contribution in [0.4, 0.5) is 0 Å². The Balaban J connectivity index is 1.53. The van der Waals surface area contributed by atoms with Gasteiger partial charge in [-0.3, -0.25) is 9.69 Å². The van der Waals surface area contributed by atoms with Gasteiger partial charge in [0.15, 0.2) is 0 Å². The van der Waals surface area contributed by atoms with Gasteiger partial charge in [0, 0.05) is 13.0 Å². The van der Waals surface area contributed by atoms with E-state index >= 15 is 0 Å². The second kappa shape index (κ2) is 5.93. The SMILES string of the molecule is CN(CC(=O)N[C@@](C)(C#N)C1CC1)Cc1nnc(C2CC2)n1C. The van der Waals surface area contributed by atoms with Crippen LogP contribution in [-0.4, -0.2) is 44.7 Å². The van der Waals surface area contributed by atoms with E-state index in [1.807, 2.05) is 30.5 Å². The minimum absolute atomic E-state index is 0.118. The van der Waals surface area contributed by atoms with Crippen LogP contribution in [0.15, 0.2) is 0 Å². The molecular weight excluding hydrogens is 292 g/mol. The van der Waals surface area contributed by atoms with Gasteiger partial charge in [0.25, 0.3) is 0 Å². The van der Waals surface area contributed by atoms with E-state index in [0.717, 1.165) is 24.5 Å². The summed E-state index contributed by atoms with van der Waals surface area (Å²) in [5.74, 6) is 2.65. The molecule has 0 spiro atoms. The molecule has 124 valence electrons. The van der Waals surface area contributed by atoms with Crippen LogP contribution < -0.4 is 5.32 Å². The zero-order valence-electron chi connectivity index (χ0n) is 14.0. The lowest BCUT2D eigenvalue weighted by atomic mass is 9.98. The number of carbonyl (C=O) groups excluding carboxylic acids is 1. The molecule has 0 bridgehead atoms. The first-order chi connectivity index (χ1) is 10.9. The summed E-state index contributed by atoms with van der Waals surface area (Å²) in [6, 6.07) is 2.25. The zero-order valence-corrected chi connectivity index (χ0v) is 14.0. The average Bonchev–Trinajstić information content (AvgIpc) is 3.38. The fourth-order valence-corrected chi connectivity index (χ4v) is 2.96. The number of carbonyl (C=O) groups is 1. The maximum Gasteiger partial charge on any atom is 0.235 e. The Hall–Kier alpha value is -1.94. The van der Waals surface area contributed by atoms with Gasteiger partial charge >= 0.3 is 0 Å². The summed E-state index contributed by atoms with van der Waals surface area (Å²) in [5.41, 5.74) is -0.734. The largest absolute Gasteiger partial charge is 0.337 e. The second-order valence-electron chi connectivity index (χ2n) is 7.12. The molecule has 7 nitrogen and oxygen atoms in total. The van der Waals surface area contributed by atoms with Crippen molar-refractivity contribution in [3.8, 4) is 6.07 Å². The van der Waals surface area contributed by atoms with E-state index in [1.165, 1.54) is 12.8 Å². The minimum Gasteiger partial charge on any atom is -0.337 e. The van der Waals surface area contributed by atoms with Gasteiger partial charge in [-0.05, 0) is 45.6 Å². The lowest BCUT2D eigenvalue weighted by Crippen LogP contribution is -2.49. The van der Waals surface area contributed by atoms with Gasteiger partial charge < -0.3 is 9.88 Å². The maximum absolute atomic E-state index is 12.2. The Morgan fingerprint density at radius 1 is 1.43 bits per heavy atom. The molecule has 0 aromatic carbocycles. The molecule has 1 N–H and O–H groups in total. The van der Waals surface area contributed by atoms with Gasteiger partial charge in [0.05, 0.1) is 19.2 Å². The van der Waals surface area contributed by atoms with Crippen molar-refractivity contribution < 1.29 is 4.79 Å². The van der Waals surface area contributed by atoms with E-state index in [-0.39, 0.29) is 12.5 Å². The first-order valence-corrected chi connectivity index (χ1v) is 8.22. The predicted molar refractivity (Wildman–Crippen MR) is 84.2 cm³/mol. The highest BCUT2D eigenvalue weighted by molar-refractivity contribution is 5.79. The third kappa shape index (κ3) is 3.53. The van der Waals surface area contributed by atoms with E-state index in [2.05, 4.69) is 21.6 Å². The summed E-state index contributed by atoms with van der Waals surface area (Å²) in [6.07, 6.45) is 4.42. The Kier molecular flexibility index (Phi) is 4.11. The Morgan fingerprint density at radius 2 is 2.13 bits per heavy atom. The van der Waals surface area contributed by atoms with Gasteiger partial charge in [-0.15, -0.1) is 10.2 Å². The molecule has 1 aromatic rings. The fraction of sp³-hybridized carbons (Fsp3) is 0.750. The monoisotopic (exact) mass is 316 g/mol. The van der Waals surface area contributed by atoms with Gasteiger partial charge in [-0.25, -0.2) is 0 Å². The highest BCUT2D eigenvalue weighted by Gasteiger charge is 2.43. The third-order valence-corrected chi connectivity index (χ3v) is 4.79. The highest BCUT2D eigenvalue weighted by atomic mass is 16.2. The van der Waals surface area contributed by atoms with Crippen LogP contribution in [0, 0.1) is 17.2 Å². The zero-order chi connectivity index (χ0) is 16.6. The third-order valence-electron chi connectivity index (χ3n) is 4.79. The molecule has 7 heteroatoms. The predicted octanol–water partition coefficient (Wildman–Crippen LogP) is 0.933. The molecule has 1 amide bonds. The lowest BCUT2D eigenvalue weighted by Gasteiger charge is -2.24. The quantitative estimate of drug-likeness (QED) is 0.809. The molecule has 1 aromatic heterocycles. The van der Waals surface area contributed by atoms with Gasteiger partial charge in [-0.1, -0.05) is 0 Å². The van der Waals surface area contributed by atoms with Crippen LogP contribution in [0.5, 0.6) is 0 Å². The first kappa shape index (κ1) is 15.9. The van der Waals surface area contributed by atoms with Crippen molar-refractivity contribution in [2.24, 2.45) is 13.0 Å². The van der Waals surface area contributed by atoms with Crippen molar-refractivity contribution >= 4 is 5.91 Å². The smallest absolute Gasteiger partial charge is 0.235 e. The summed E-state index contributed by atoms with van der Waals surface area (Å²) >= 11 is 0. The van der Waals surface area contributed by atoms with E-state index in [4.69, 9.17) is 0 Å². The molecule has 2 fully saturated rings. The molecule has 1 heterocycles. The summed E-state index contributed by atoms with van der Waals surface area (Å²) in [5, 5.41) is 20.7. The number of hydrogen-bond acceptors (Lipinski definition) is 5. The second-order valence-corrected chi connectivity index (χ2v) is 7.12. The number of likely N-dealkylation sites (N-methyl/N-ethyl adjacent to an activating group) is 1. The molecule has 0 unspecified atom stereocenters. The normalized spacial score (nSPS) is 20.1. The first-order valence-electron chi connectivity index (χ1n) is 8.22. The summed E-state index contributed by atoms with van der Waals surface area (Å²) < 4.78 is 2.04. The summed E-state index contributed by atoms with van der Waals surface area (Å²) in [4.78, 5) is 14.1. The molecule has 2 aliphatic carbocycles. The van der Waals surface area contributed by atoms with E-state index in [0.29, 0.717) is 18.4 Å². The van der Waals surface area contributed by atoms with Crippen LogP contribution in [0.1, 0.15) is 50.2 Å². The number of nitrogens with zero attached hydrogens (tertiary/aromatic N) is 5. The molecule has 2 aliphatic rings. The van der Waals surface area contributed by atoms with Gasteiger partial charge in [0.2, 0.25) is 5.91 Å².